The number of primary amides is 1. The van der Waals surface area contributed by atoms with E-state index in [0.29, 0.717) is 16.6 Å². The first-order valence-corrected chi connectivity index (χ1v) is 12.4. The fourth-order valence-corrected chi connectivity index (χ4v) is 5.42. The molecule has 0 radical (unpaired) electrons. The van der Waals surface area contributed by atoms with E-state index in [1.54, 1.807) is 4.90 Å². The number of nitrogens with zero attached hydrogens (tertiary/aromatic N) is 4. The van der Waals surface area contributed by atoms with Crippen LogP contribution in [0.1, 0.15) is 12.5 Å². The summed E-state index contributed by atoms with van der Waals surface area (Å²) in [6.45, 7) is 5.79. The van der Waals surface area contributed by atoms with Gasteiger partial charge in [-0.25, -0.2) is 4.99 Å². The molecule has 2 aliphatic rings. The van der Waals surface area contributed by atoms with Gasteiger partial charge in [-0.05, 0) is 55.1 Å². The molecule has 2 amide bonds. The smallest absolute Gasteiger partial charge is 0.266 e. The number of amides is 2. The quantitative estimate of drug-likeness (QED) is 0.534. The monoisotopic (exact) mass is 489 g/mol. The predicted molar refractivity (Wildman–Crippen MR) is 141 cm³/mol. The fraction of sp³-hybridized carbons (Fsp3) is 0.269. The van der Waals surface area contributed by atoms with Crippen molar-refractivity contribution in [1.82, 2.24) is 9.47 Å². The summed E-state index contributed by atoms with van der Waals surface area (Å²) in [5.74, 6) is -0.490. The van der Waals surface area contributed by atoms with E-state index in [1.807, 2.05) is 60.2 Å². The molecule has 3 aromatic rings. The number of carbonyl (C=O) groups is 2. The number of aliphatic imine (C=N–C) groups is 1. The van der Waals surface area contributed by atoms with E-state index < -0.39 is 5.91 Å². The molecule has 2 fully saturated rings. The topological polar surface area (TPSA) is 93.2 Å². The molecule has 1 aromatic heterocycles. The fourth-order valence-electron chi connectivity index (χ4n) is 4.37. The van der Waals surface area contributed by atoms with Crippen LogP contribution in [0.4, 0.5) is 11.4 Å². The summed E-state index contributed by atoms with van der Waals surface area (Å²) in [5.41, 5.74) is 9.14. The highest BCUT2D eigenvalue weighted by molar-refractivity contribution is 8.18. The van der Waals surface area contributed by atoms with Crippen molar-refractivity contribution in [1.29, 1.82) is 0 Å². The Hall–Kier alpha value is -3.56. The summed E-state index contributed by atoms with van der Waals surface area (Å²) in [7, 11) is 0. The van der Waals surface area contributed by atoms with Crippen molar-refractivity contribution in [2.24, 2.45) is 10.7 Å². The second kappa shape index (κ2) is 9.97. The van der Waals surface area contributed by atoms with Gasteiger partial charge in [-0.1, -0.05) is 18.2 Å². The van der Waals surface area contributed by atoms with Gasteiger partial charge in [0, 0.05) is 48.0 Å². The molecule has 2 saturated heterocycles. The van der Waals surface area contributed by atoms with Crippen molar-refractivity contribution < 1.29 is 14.3 Å². The highest BCUT2D eigenvalue weighted by Gasteiger charge is 2.32. The molecular weight excluding hydrogens is 462 g/mol. The van der Waals surface area contributed by atoms with Crippen LogP contribution in [0.3, 0.4) is 0 Å². The second-order valence-electron chi connectivity index (χ2n) is 8.37. The minimum Gasteiger partial charge on any atom is -0.378 e. The minimum atomic E-state index is -0.414. The van der Waals surface area contributed by atoms with Crippen LogP contribution in [-0.4, -0.2) is 59.3 Å². The van der Waals surface area contributed by atoms with E-state index in [4.69, 9.17) is 15.5 Å². The molecule has 8 nitrogen and oxygen atoms in total. The minimum absolute atomic E-state index is 0.0760. The van der Waals surface area contributed by atoms with Crippen molar-refractivity contribution in [3.05, 3.63) is 65.2 Å². The molecule has 3 heterocycles. The third-order valence-electron chi connectivity index (χ3n) is 6.09. The average Bonchev–Trinajstić information content (AvgIpc) is 3.36. The maximum Gasteiger partial charge on any atom is 0.266 e. The van der Waals surface area contributed by atoms with E-state index in [9.17, 15) is 9.59 Å². The molecule has 2 N–H and O–H groups in total. The number of aromatic nitrogens is 1. The van der Waals surface area contributed by atoms with Crippen LogP contribution in [0.15, 0.2) is 64.6 Å². The summed E-state index contributed by atoms with van der Waals surface area (Å²) >= 11 is 1.36. The summed E-state index contributed by atoms with van der Waals surface area (Å²) in [4.78, 5) is 34.1. The van der Waals surface area contributed by atoms with Gasteiger partial charge in [0.15, 0.2) is 5.17 Å². The molecule has 2 aliphatic heterocycles. The Labute approximate surface area is 208 Å². The Kier molecular flexibility index (Phi) is 6.61. The molecule has 9 heteroatoms. The molecule has 0 unspecified atom stereocenters. The molecule has 2 aromatic carbocycles. The number of nitrogens with two attached hydrogens (primary N) is 1. The van der Waals surface area contributed by atoms with E-state index >= 15 is 0 Å². The van der Waals surface area contributed by atoms with Gasteiger partial charge in [-0.15, -0.1) is 0 Å². The lowest BCUT2D eigenvalue weighted by molar-refractivity contribution is -0.122. The number of para-hydroxylation sites is 1. The lowest BCUT2D eigenvalue weighted by Crippen LogP contribution is -2.36. The lowest BCUT2D eigenvalue weighted by atomic mass is 10.1. The number of anilines is 1. The van der Waals surface area contributed by atoms with Crippen molar-refractivity contribution in [2.75, 3.05) is 37.7 Å². The molecule has 0 aliphatic carbocycles. The Balaban J connectivity index is 1.43. The van der Waals surface area contributed by atoms with E-state index in [-0.39, 0.29) is 12.5 Å². The number of thioether (sulfide) groups is 1. The zero-order chi connectivity index (χ0) is 24.4. The SMILES string of the molecule is CCN1C(=O)C(=Cc2cn(CC(N)=O)c3ccccc23)SC1=Nc1ccc(N2CCOCC2)cc1. The predicted octanol–water partition coefficient (Wildman–Crippen LogP) is 3.59. The third kappa shape index (κ3) is 4.82. The standard InChI is InChI=1S/C26H27N5O3S/c1-2-31-25(33)23(15-18-16-30(17-24(27)32)22-6-4-3-5-21(18)22)35-26(31)28-19-7-9-20(10-8-19)29-11-13-34-14-12-29/h3-10,15-16H,2,11-14,17H2,1H3,(H2,27,32). The van der Waals surface area contributed by atoms with E-state index in [1.165, 1.54) is 11.8 Å². The maximum absolute atomic E-state index is 13.2. The summed E-state index contributed by atoms with van der Waals surface area (Å²) < 4.78 is 7.25. The number of carbonyl (C=O) groups excluding carboxylic acids is 2. The van der Waals surface area contributed by atoms with Crippen molar-refractivity contribution in [3.8, 4) is 0 Å². The molecule has 180 valence electrons. The Morgan fingerprint density at radius 2 is 1.89 bits per heavy atom. The van der Waals surface area contributed by atoms with Crippen LogP contribution in [-0.2, 0) is 20.9 Å². The number of hydrogen-bond donors (Lipinski definition) is 1. The molecule has 5 rings (SSSR count). The summed E-state index contributed by atoms with van der Waals surface area (Å²) in [6, 6.07) is 15.9. The lowest BCUT2D eigenvalue weighted by Gasteiger charge is -2.28. The van der Waals surface area contributed by atoms with Crippen molar-refractivity contribution in [2.45, 2.75) is 13.5 Å². The number of amidine groups is 1. The van der Waals surface area contributed by atoms with Gasteiger partial charge >= 0.3 is 0 Å². The molecule has 0 bridgehead atoms. The normalized spacial score (nSPS) is 18.8. The molecule has 0 spiro atoms. The Bertz CT molecular complexity index is 1320. The number of ether oxygens (including phenoxy) is 1. The van der Waals surface area contributed by atoms with Gasteiger partial charge in [0.1, 0.15) is 6.54 Å². The first-order chi connectivity index (χ1) is 17.0. The largest absolute Gasteiger partial charge is 0.378 e. The van der Waals surface area contributed by atoms with Gasteiger partial charge < -0.3 is 19.9 Å². The summed E-state index contributed by atoms with van der Waals surface area (Å²) in [5, 5.41) is 1.62. The van der Waals surface area contributed by atoms with Crippen molar-refractivity contribution >= 4 is 57.1 Å². The van der Waals surface area contributed by atoms with Crippen LogP contribution < -0.4 is 10.6 Å². The zero-order valence-corrected chi connectivity index (χ0v) is 20.3. The maximum atomic E-state index is 13.2. The zero-order valence-electron chi connectivity index (χ0n) is 19.5. The Morgan fingerprint density at radius 3 is 2.60 bits per heavy atom. The first kappa shape index (κ1) is 23.2. The van der Waals surface area contributed by atoms with Crippen LogP contribution in [0.25, 0.3) is 17.0 Å². The number of fused-ring (bicyclic) bond motifs is 1. The van der Waals surface area contributed by atoms with Crippen LogP contribution in [0.2, 0.25) is 0 Å². The molecule has 0 saturated carbocycles. The highest BCUT2D eigenvalue weighted by Crippen LogP contribution is 2.35. The van der Waals surface area contributed by atoms with Gasteiger partial charge in [0.05, 0.1) is 23.8 Å². The second-order valence-corrected chi connectivity index (χ2v) is 9.38. The average molecular weight is 490 g/mol. The van der Waals surface area contributed by atoms with E-state index in [0.717, 1.165) is 54.1 Å². The van der Waals surface area contributed by atoms with Gasteiger partial charge in [-0.2, -0.15) is 0 Å². The first-order valence-electron chi connectivity index (χ1n) is 11.6. The number of morpholine rings is 1. The highest BCUT2D eigenvalue weighted by atomic mass is 32.2. The third-order valence-corrected chi connectivity index (χ3v) is 7.09. The number of hydrogen-bond acceptors (Lipinski definition) is 6. The van der Waals surface area contributed by atoms with E-state index in [2.05, 4.69) is 17.0 Å². The van der Waals surface area contributed by atoms with Crippen LogP contribution in [0, 0.1) is 0 Å². The van der Waals surface area contributed by atoms with Crippen LogP contribution >= 0.6 is 11.8 Å². The molecule has 35 heavy (non-hydrogen) atoms. The van der Waals surface area contributed by atoms with Crippen LogP contribution in [0.5, 0.6) is 0 Å². The Morgan fingerprint density at radius 1 is 1.14 bits per heavy atom. The molecular formula is C26H27N5O3S. The van der Waals surface area contributed by atoms with Crippen molar-refractivity contribution in [3.63, 3.8) is 0 Å². The van der Waals surface area contributed by atoms with Gasteiger partial charge in [-0.3, -0.25) is 14.5 Å². The molecule has 0 atom stereocenters. The number of likely N-dealkylation sites (N-methyl/N-ethyl adjacent to an activating group) is 1. The van der Waals surface area contributed by atoms with Gasteiger partial charge in [0.25, 0.3) is 5.91 Å². The van der Waals surface area contributed by atoms with Gasteiger partial charge in [0.2, 0.25) is 5.91 Å². The number of rotatable bonds is 6. The summed E-state index contributed by atoms with van der Waals surface area (Å²) in [6.07, 6.45) is 3.74. The number of benzene rings is 2.